The molecule has 1 heterocycles. The van der Waals surface area contributed by atoms with Crippen molar-refractivity contribution >= 4 is 15.9 Å². The summed E-state index contributed by atoms with van der Waals surface area (Å²) in [6, 6.07) is 1.88. The minimum atomic E-state index is 0.220. The normalized spacial score (nSPS) is 13.7. The maximum absolute atomic E-state index is 5.06. The first-order chi connectivity index (χ1) is 6.93. The van der Waals surface area contributed by atoms with Gasteiger partial charge in [-0.15, -0.1) is 0 Å². The van der Waals surface area contributed by atoms with Crippen LogP contribution in [0.15, 0.2) is 12.4 Å². The zero-order valence-electron chi connectivity index (χ0n) is 9.62. The van der Waals surface area contributed by atoms with Crippen LogP contribution < -0.4 is 4.74 Å². The van der Waals surface area contributed by atoms with E-state index in [4.69, 9.17) is 4.74 Å². The largest absolute Gasteiger partial charge is 0.481 e. The summed E-state index contributed by atoms with van der Waals surface area (Å²) in [5.41, 5.74) is 1.22. The summed E-state index contributed by atoms with van der Waals surface area (Å²) in [7, 11) is 1.61. The number of hydrogen-bond donors (Lipinski definition) is 0. The Morgan fingerprint density at radius 1 is 1.40 bits per heavy atom. The lowest BCUT2D eigenvalue weighted by Crippen LogP contribution is -2.22. The second kappa shape index (κ2) is 4.92. The van der Waals surface area contributed by atoms with Crippen molar-refractivity contribution in [2.24, 2.45) is 5.41 Å². The van der Waals surface area contributed by atoms with Gasteiger partial charge in [0.15, 0.2) is 0 Å². The number of methoxy groups -OCH3 is 1. The Morgan fingerprint density at radius 3 is 2.60 bits per heavy atom. The van der Waals surface area contributed by atoms with Crippen LogP contribution in [0.5, 0.6) is 5.88 Å². The molecule has 1 aromatic rings. The zero-order valence-corrected chi connectivity index (χ0v) is 11.2. The lowest BCUT2D eigenvalue weighted by molar-refractivity contribution is 0.387. The Bertz CT molecular complexity index is 323. The van der Waals surface area contributed by atoms with E-state index in [9.17, 15) is 0 Å². The van der Waals surface area contributed by atoms with Crippen LogP contribution in [-0.2, 0) is 6.42 Å². The average Bonchev–Trinajstić information content (AvgIpc) is 2.16. The van der Waals surface area contributed by atoms with Crippen molar-refractivity contribution in [1.29, 1.82) is 0 Å². The Kier molecular flexibility index (Phi) is 4.08. The molecule has 0 aliphatic rings. The van der Waals surface area contributed by atoms with E-state index in [1.807, 2.05) is 6.07 Å². The van der Waals surface area contributed by atoms with Crippen molar-refractivity contribution in [3.8, 4) is 5.88 Å². The van der Waals surface area contributed by atoms with Crippen LogP contribution in [0.2, 0.25) is 0 Å². The minimum Gasteiger partial charge on any atom is -0.481 e. The molecule has 0 saturated carbocycles. The van der Waals surface area contributed by atoms with Gasteiger partial charge in [-0.25, -0.2) is 9.97 Å². The van der Waals surface area contributed by atoms with Gasteiger partial charge in [0, 0.05) is 23.0 Å². The van der Waals surface area contributed by atoms with Crippen molar-refractivity contribution in [3.63, 3.8) is 0 Å². The lowest BCUT2D eigenvalue weighted by Gasteiger charge is -2.25. The predicted molar refractivity (Wildman–Crippen MR) is 64.5 cm³/mol. The molecular formula is C11H17BrN2O. The average molecular weight is 273 g/mol. The zero-order chi connectivity index (χ0) is 11.5. The van der Waals surface area contributed by atoms with Gasteiger partial charge in [-0.1, -0.05) is 36.7 Å². The molecule has 0 N–H and O–H groups in total. The van der Waals surface area contributed by atoms with Gasteiger partial charge in [0.05, 0.1) is 7.11 Å². The minimum absolute atomic E-state index is 0.220. The van der Waals surface area contributed by atoms with Crippen LogP contribution >= 0.6 is 15.9 Å². The summed E-state index contributed by atoms with van der Waals surface area (Å²) in [6.07, 6.45) is 2.42. The smallest absolute Gasteiger partial charge is 0.216 e. The third-order valence-electron chi connectivity index (χ3n) is 2.24. The van der Waals surface area contributed by atoms with Crippen LogP contribution in [0.3, 0.4) is 0 Å². The molecule has 0 fully saturated rings. The second-order valence-electron chi connectivity index (χ2n) is 4.59. The fourth-order valence-electron chi connectivity index (χ4n) is 1.09. The lowest BCUT2D eigenvalue weighted by atomic mass is 9.89. The molecular weight excluding hydrogens is 256 g/mol. The number of ether oxygens (including phenoxy) is 1. The van der Waals surface area contributed by atoms with Gasteiger partial charge < -0.3 is 4.74 Å². The van der Waals surface area contributed by atoms with E-state index in [0.29, 0.717) is 10.7 Å². The van der Waals surface area contributed by atoms with E-state index in [1.165, 1.54) is 6.33 Å². The third-order valence-corrected chi connectivity index (χ3v) is 3.93. The van der Waals surface area contributed by atoms with Gasteiger partial charge in [0.1, 0.15) is 6.33 Å². The Hall–Kier alpha value is -0.640. The Morgan fingerprint density at radius 2 is 2.07 bits per heavy atom. The fourth-order valence-corrected chi connectivity index (χ4v) is 1.42. The standard InChI is InChI=1S/C11H17BrN2O/c1-11(2,3)9(12)5-8-6-10(15-4)14-7-13-8/h6-7,9H,5H2,1-4H3. The van der Waals surface area contributed by atoms with Crippen LogP contribution in [0.4, 0.5) is 0 Å². The molecule has 0 amide bonds. The maximum Gasteiger partial charge on any atom is 0.216 e. The number of rotatable bonds is 3. The second-order valence-corrected chi connectivity index (χ2v) is 5.69. The van der Waals surface area contributed by atoms with Crippen LogP contribution in [0, 0.1) is 5.41 Å². The number of aromatic nitrogens is 2. The van der Waals surface area contributed by atoms with Crippen LogP contribution in [0.25, 0.3) is 0 Å². The molecule has 15 heavy (non-hydrogen) atoms. The summed E-state index contributed by atoms with van der Waals surface area (Å²) < 4.78 is 5.06. The molecule has 1 unspecified atom stereocenters. The first-order valence-corrected chi connectivity index (χ1v) is 5.84. The van der Waals surface area contributed by atoms with Crippen molar-refractivity contribution in [1.82, 2.24) is 9.97 Å². The molecule has 0 aliphatic heterocycles. The molecule has 1 aromatic heterocycles. The van der Waals surface area contributed by atoms with E-state index in [1.54, 1.807) is 7.11 Å². The summed E-state index contributed by atoms with van der Waals surface area (Å²) in [4.78, 5) is 8.59. The Labute approximate surface area is 99.4 Å². The first kappa shape index (κ1) is 12.4. The van der Waals surface area contributed by atoms with Crippen molar-refractivity contribution in [3.05, 3.63) is 18.1 Å². The van der Waals surface area contributed by atoms with Crippen molar-refractivity contribution in [2.45, 2.75) is 32.0 Å². The summed E-state index contributed by atoms with van der Waals surface area (Å²) in [5, 5.41) is 0. The van der Waals surface area contributed by atoms with Gasteiger partial charge in [-0.3, -0.25) is 0 Å². The quantitative estimate of drug-likeness (QED) is 0.794. The molecule has 0 radical (unpaired) electrons. The predicted octanol–water partition coefficient (Wildman–Crippen LogP) is 2.84. The molecule has 0 aliphatic carbocycles. The molecule has 84 valence electrons. The highest BCUT2D eigenvalue weighted by atomic mass is 79.9. The highest BCUT2D eigenvalue weighted by Gasteiger charge is 2.22. The molecule has 1 atom stereocenters. The van der Waals surface area contributed by atoms with E-state index in [-0.39, 0.29) is 5.41 Å². The van der Waals surface area contributed by atoms with Crippen LogP contribution in [-0.4, -0.2) is 21.9 Å². The molecule has 3 nitrogen and oxygen atoms in total. The van der Waals surface area contributed by atoms with Gasteiger partial charge in [0.2, 0.25) is 5.88 Å². The molecule has 0 spiro atoms. The summed E-state index contributed by atoms with van der Waals surface area (Å²) >= 11 is 3.68. The monoisotopic (exact) mass is 272 g/mol. The van der Waals surface area contributed by atoms with Gasteiger partial charge in [0.25, 0.3) is 0 Å². The van der Waals surface area contributed by atoms with Crippen molar-refractivity contribution in [2.75, 3.05) is 7.11 Å². The van der Waals surface area contributed by atoms with Crippen LogP contribution in [0.1, 0.15) is 26.5 Å². The molecule has 0 bridgehead atoms. The third kappa shape index (κ3) is 3.78. The van der Waals surface area contributed by atoms with E-state index in [2.05, 4.69) is 46.7 Å². The first-order valence-electron chi connectivity index (χ1n) is 4.92. The SMILES string of the molecule is COc1cc(CC(Br)C(C)(C)C)ncn1. The molecule has 1 rings (SSSR count). The Balaban J connectivity index is 2.72. The number of hydrogen-bond acceptors (Lipinski definition) is 3. The van der Waals surface area contributed by atoms with Gasteiger partial charge in [-0.2, -0.15) is 0 Å². The number of halogens is 1. The number of alkyl halides is 1. The fraction of sp³-hybridized carbons (Fsp3) is 0.636. The number of nitrogens with zero attached hydrogens (tertiary/aromatic N) is 2. The van der Waals surface area contributed by atoms with E-state index >= 15 is 0 Å². The molecule has 0 aromatic carbocycles. The van der Waals surface area contributed by atoms with Crippen molar-refractivity contribution < 1.29 is 4.74 Å². The van der Waals surface area contributed by atoms with Gasteiger partial charge in [-0.05, 0) is 5.41 Å². The summed E-state index contributed by atoms with van der Waals surface area (Å²) in [6.45, 7) is 6.60. The van der Waals surface area contributed by atoms with E-state index in [0.717, 1.165) is 12.1 Å². The summed E-state index contributed by atoms with van der Waals surface area (Å²) in [5.74, 6) is 0.619. The van der Waals surface area contributed by atoms with Gasteiger partial charge >= 0.3 is 0 Å². The maximum atomic E-state index is 5.06. The highest BCUT2D eigenvalue weighted by Crippen LogP contribution is 2.28. The molecule has 0 saturated heterocycles. The highest BCUT2D eigenvalue weighted by molar-refractivity contribution is 9.09. The topological polar surface area (TPSA) is 35.0 Å². The van der Waals surface area contributed by atoms with E-state index < -0.39 is 0 Å². The molecule has 4 heteroatoms.